The smallest absolute Gasteiger partial charge is 0.229 e. The van der Waals surface area contributed by atoms with Gasteiger partial charge in [0.05, 0.1) is 24.9 Å². The zero-order chi connectivity index (χ0) is 19.3. The molecule has 2 saturated heterocycles. The summed E-state index contributed by atoms with van der Waals surface area (Å²) in [5.41, 5.74) is 3.73. The van der Waals surface area contributed by atoms with E-state index in [4.69, 9.17) is 9.47 Å². The molecule has 146 valence electrons. The number of ether oxygens (including phenoxy) is 2. The SMILES string of the molecule is C[C@]1(I)O[C@@H]2Cc3ccccc3[C@@H]2N1C(=O)C(Cc1ccccc1)C[C@H]1CO1. The summed E-state index contributed by atoms with van der Waals surface area (Å²) in [5, 5.41) is 0. The van der Waals surface area contributed by atoms with Crippen LogP contribution in [-0.4, -0.2) is 33.4 Å². The lowest BCUT2D eigenvalue weighted by Crippen LogP contribution is -2.46. The molecule has 2 fully saturated rings. The van der Waals surface area contributed by atoms with Crippen LogP contribution in [0.15, 0.2) is 54.6 Å². The lowest BCUT2D eigenvalue weighted by Gasteiger charge is -2.35. The molecule has 0 radical (unpaired) electrons. The highest BCUT2D eigenvalue weighted by atomic mass is 127. The molecule has 5 heteroatoms. The Morgan fingerprint density at radius 2 is 1.93 bits per heavy atom. The minimum Gasteiger partial charge on any atom is -0.373 e. The van der Waals surface area contributed by atoms with Crippen LogP contribution in [0.3, 0.4) is 0 Å². The minimum atomic E-state index is -0.628. The maximum atomic E-state index is 13.9. The van der Waals surface area contributed by atoms with Crippen molar-refractivity contribution in [3.63, 3.8) is 0 Å². The van der Waals surface area contributed by atoms with Gasteiger partial charge in [0, 0.05) is 12.3 Å². The Labute approximate surface area is 179 Å². The van der Waals surface area contributed by atoms with Gasteiger partial charge in [0.15, 0.2) is 3.73 Å². The van der Waals surface area contributed by atoms with Crippen LogP contribution >= 0.6 is 22.6 Å². The van der Waals surface area contributed by atoms with Crippen molar-refractivity contribution in [2.24, 2.45) is 5.92 Å². The van der Waals surface area contributed by atoms with E-state index in [-0.39, 0.29) is 30.1 Å². The topological polar surface area (TPSA) is 42.1 Å². The second kappa shape index (κ2) is 7.11. The normalized spacial score (nSPS) is 31.4. The van der Waals surface area contributed by atoms with E-state index in [9.17, 15) is 4.79 Å². The molecule has 2 heterocycles. The molecule has 0 aromatic heterocycles. The van der Waals surface area contributed by atoms with Gasteiger partial charge in [0.1, 0.15) is 0 Å². The Kier molecular flexibility index (Phi) is 4.72. The average Bonchev–Trinajstić information content (AvgIpc) is 3.37. The first-order chi connectivity index (χ1) is 13.5. The average molecular weight is 489 g/mol. The molecule has 0 spiro atoms. The van der Waals surface area contributed by atoms with Crippen LogP contribution in [0, 0.1) is 5.92 Å². The van der Waals surface area contributed by atoms with Crippen LogP contribution in [0.5, 0.6) is 0 Å². The molecule has 0 saturated carbocycles. The number of amides is 1. The first-order valence-electron chi connectivity index (χ1n) is 9.96. The molecule has 28 heavy (non-hydrogen) atoms. The molecule has 0 N–H and O–H groups in total. The highest BCUT2D eigenvalue weighted by Gasteiger charge is 2.55. The molecule has 2 aliphatic heterocycles. The van der Waals surface area contributed by atoms with Crippen LogP contribution in [0.25, 0.3) is 0 Å². The standard InChI is InChI=1S/C23H24INO3/c1-23(24)25(21-19-10-6-5-9-16(19)13-20(21)28-23)22(26)17(12-18-14-27-18)11-15-7-3-2-4-8-15/h2-10,17-18,20-21H,11-14H2,1H3/t17?,18-,20+,21-,23+/m0/s1. The van der Waals surface area contributed by atoms with Crippen molar-refractivity contribution >= 4 is 28.5 Å². The molecule has 0 bridgehead atoms. The predicted octanol–water partition coefficient (Wildman–Crippen LogP) is 4.27. The molecule has 2 aromatic rings. The van der Waals surface area contributed by atoms with E-state index < -0.39 is 3.73 Å². The number of halogens is 1. The number of carbonyl (C=O) groups is 1. The van der Waals surface area contributed by atoms with E-state index in [1.165, 1.54) is 16.7 Å². The van der Waals surface area contributed by atoms with Crippen molar-refractivity contribution in [1.82, 2.24) is 4.90 Å². The van der Waals surface area contributed by atoms with Gasteiger partial charge in [-0.1, -0.05) is 54.6 Å². The van der Waals surface area contributed by atoms with Gasteiger partial charge in [-0.25, -0.2) is 0 Å². The van der Waals surface area contributed by atoms with Gasteiger partial charge >= 0.3 is 0 Å². The number of epoxide rings is 1. The van der Waals surface area contributed by atoms with E-state index in [0.29, 0.717) is 0 Å². The third kappa shape index (κ3) is 3.37. The van der Waals surface area contributed by atoms with E-state index in [1.54, 1.807) is 0 Å². The number of carbonyl (C=O) groups excluding carboxylic acids is 1. The zero-order valence-corrected chi connectivity index (χ0v) is 18.0. The van der Waals surface area contributed by atoms with Gasteiger partial charge in [0.2, 0.25) is 5.91 Å². The maximum absolute atomic E-state index is 13.9. The lowest BCUT2D eigenvalue weighted by molar-refractivity contribution is -0.143. The van der Waals surface area contributed by atoms with Crippen molar-refractivity contribution < 1.29 is 14.3 Å². The number of nitrogens with zero attached hydrogens (tertiary/aromatic N) is 1. The fourth-order valence-corrected chi connectivity index (χ4v) is 5.62. The summed E-state index contributed by atoms with van der Waals surface area (Å²) in [4.78, 5) is 15.9. The third-order valence-electron chi connectivity index (χ3n) is 6.08. The van der Waals surface area contributed by atoms with Gasteiger partial charge in [-0.3, -0.25) is 9.69 Å². The van der Waals surface area contributed by atoms with Crippen molar-refractivity contribution in [2.75, 3.05) is 6.61 Å². The quantitative estimate of drug-likeness (QED) is 0.273. The van der Waals surface area contributed by atoms with Gasteiger partial charge in [-0.15, -0.1) is 0 Å². The first kappa shape index (κ1) is 18.6. The van der Waals surface area contributed by atoms with E-state index in [1.807, 2.05) is 30.0 Å². The van der Waals surface area contributed by atoms with Crippen LogP contribution in [0.1, 0.15) is 36.1 Å². The minimum absolute atomic E-state index is 0.00370. The summed E-state index contributed by atoms with van der Waals surface area (Å²) >= 11 is 2.30. The number of hydrogen-bond donors (Lipinski definition) is 0. The van der Waals surface area contributed by atoms with Crippen molar-refractivity contribution in [1.29, 1.82) is 0 Å². The summed E-state index contributed by atoms with van der Waals surface area (Å²) in [7, 11) is 0. The molecular formula is C23H24INO3. The zero-order valence-electron chi connectivity index (χ0n) is 15.9. The first-order valence-corrected chi connectivity index (χ1v) is 11.0. The van der Waals surface area contributed by atoms with E-state index in [0.717, 1.165) is 25.9 Å². The second-order valence-electron chi connectivity index (χ2n) is 8.16. The molecule has 5 atom stereocenters. The molecule has 3 aliphatic rings. The monoisotopic (exact) mass is 489 g/mol. The Bertz CT molecular complexity index is 880. The molecule has 5 rings (SSSR count). The van der Waals surface area contributed by atoms with Gasteiger partial charge in [-0.05, 0) is 59.0 Å². The largest absolute Gasteiger partial charge is 0.373 e. The van der Waals surface area contributed by atoms with Gasteiger partial charge < -0.3 is 9.47 Å². The molecule has 1 amide bonds. The number of rotatable bonds is 5. The molecule has 2 aromatic carbocycles. The maximum Gasteiger partial charge on any atom is 0.229 e. The van der Waals surface area contributed by atoms with E-state index >= 15 is 0 Å². The highest BCUT2D eigenvalue weighted by Crippen LogP contribution is 2.51. The number of alkyl halides is 1. The molecule has 4 nitrogen and oxygen atoms in total. The van der Waals surface area contributed by atoms with Crippen LogP contribution in [-0.2, 0) is 27.1 Å². The molecule has 1 aliphatic carbocycles. The Morgan fingerprint density at radius 1 is 1.21 bits per heavy atom. The summed E-state index contributed by atoms with van der Waals surface area (Å²) in [6.07, 6.45) is 2.64. The van der Waals surface area contributed by atoms with Gasteiger partial charge in [0.25, 0.3) is 0 Å². The molecule has 1 unspecified atom stereocenters. The summed E-state index contributed by atoms with van der Waals surface area (Å²) < 4.78 is 11.2. The van der Waals surface area contributed by atoms with Gasteiger partial charge in [-0.2, -0.15) is 0 Å². The molecular weight excluding hydrogens is 465 g/mol. The van der Waals surface area contributed by atoms with Crippen molar-refractivity contribution in [2.45, 2.75) is 48.2 Å². The third-order valence-corrected chi connectivity index (χ3v) is 6.86. The fraction of sp³-hybridized carbons (Fsp3) is 0.435. The summed E-state index contributed by atoms with van der Waals surface area (Å²) in [5.74, 6) is 0.0829. The fourth-order valence-electron chi connectivity index (χ4n) is 4.75. The van der Waals surface area contributed by atoms with Crippen molar-refractivity contribution in [3.05, 3.63) is 71.3 Å². The number of fused-ring (bicyclic) bond motifs is 3. The van der Waals surface area contributed by atoms with E-state index in [2.05, 4.69) is 59.0 Å². The number of benzene rings is 2. The number of hydrogen-bond acceptors (Lipinski definition) is 3. The Hall–Kier alpha value is -1.44. The Balaban J connectivity index is 1.46. The predicted molar refractivity (Wildman–Crippen MR) is 115 cm³/mol. The van der Waals surface area contributed by atoms with Crippen LogP contribution in [0.2, 0.25) is 0 Å². The highest BCUT2D eigenvalue weighted by molar-refractivity contribution is 14.1. The summed E-state index contributed by atoms with van der Waals surface area (Å²) in [6, 6.07) is 18.7. The second-order valence-corrected chi connectivity index (χ2v) is 10.2. The van der Waals surface area contributed by atoms with Crippen LogP contribution < -0.4 is 0 Å². The Morgan fingerprint density at radius 3 is 2.68 bits per heavy atom. The lowest BCUT2D eigenvalue weighted by atomic mass is 9.92. The van der Waals surface area contributed by atoms with Crippen LogP contribution in [0.4, 0.5) is 0 Å². The van der Waals surface area contributed by atoms with Crippen molar-refractivity contribution in [3.8, 4) is 0 Å². The summed E-state index contributed by atoms with van der Waals surface area (Å²) in [6.45, 7) is 2.78.